The summed E-state index contributed by atoms with van der Waals surface area (Å²) in [7, 11) is 4.39. The van der Waals surface area contributed by atoms with E-state index in [4.69, 9.17) is 7.30 Å². The topological polar surface area (TPSA) is 37.3 Å². The zero-order chi connectivity index (χ0) is 3.58. The van der Waals surface area contributed by atoms with Gasteiger partial charge < -0.3 is 0 Å². The van der Waals surface area contributed by atoms with Crippen molar-refractivity contribution in [2.75, 3.05) is 0 Å². The predicted molar refractivity (Wildman–Crippen MR) is 8.76 cm³/mol. The third-order valence-electron chi connectivity index (χ3n) is 0. The molecule has 0 bridgehead atoms. The molecular formula is HClO2Pd. The van der Waals surface area contributed by atoms with E-state index in [1.165, 1.54) is 0 Å². The van der Waals surface area contributed by atoms with E-state index >= 15 is 0 Å². The molecule has 0 heterocycles. The fourth-order valence-corrected chi connectivity index (χ4v) is 0. The van der Waals surface area contributed by atoms with Gasteiger partial charge >= 0.3 is 32.9 Å². The molecule has 0 saturated heterocycles. The number of halogens is 1. The summed E-state index contributed by atoms with van der Waals surface area (Å²) in [5.41, 5.74) is 0. The summed E-state index contributed by atoms with van der Waals surface area (Å²) in [6, 6.07) is 0. The molecule has 0 spiro atoms. The quantitative estimate of drug-likeness (QED) is 0.526. The number of hydrogen-bond acceptors (Lipinski definition) is 1. The Hall–Kier alpha value is 0.712. The first-order valence-corrected chi connectivity index (χ1v) is 3.72. The average molecular weight is 175 g/mol. The fraction of sp³-hybridized carbons (Fsp3) is 0. The van der Waals surface area contributed by atoms with Crippen molar-refractivity contribution in [1.29, 1.82) is 0 Å². The molecule has 0 fully saturated rings. The van der Waals surface area contributed by atoms with Crippen molar-refractivity contribution < 1.29 is 23.4 Å². The van der Waals surface area contributed by atoms with Crippen LogP contribution in [0.25, 0.3) is 0 Å². The Kier molecular flexibility index (Phi) is 2.33. The molecule has 0 aliphatic carbocycles. The molecular weight excluding hydrogens is 174 g/mol. The molecule has 2 nitrogen and oxygen atoms in total. The molecule has 0 saturated carbocycles. The summed E-state index contributed by atoms with van der Waals surface area (Å²) < 4.78 is 16.3. The molecule has 30 valence electrons. The summed E-state index contributed by atoms with van der Waals surface area (Å²) >= 11 is -2.76. The zero-order valence-electron chi connectivity index (χ0n) is 1.55. The summed E-state index contributed by atoms with van der Waals surface area (Å²) in [4.78, 5) is 0. The standard InChI is InChI=1S/ClH.H2O.O.Pd/h1H;1H2;;/q;;;+2/p-2. The van der Waals surface area contributed by atoms with Gasteiger partial charge in [-0.3, -0.25) is 0 Å². The predicted octanol–water partition coefficient (Wildman–Crippen LogP) is 0.0112. The van der Waals surface area contributed by atoms with Crippen molar-refractivity contribution in [3.63, 3.8) is 0 Å². The van der Waals surface area contributed by atoms with Crippen molar-refractivity contribution in [3.05, 3.63) is 0 Å². The molecule has 4 heteroatoms. The normalized spacial score (nSPS) is 11.0. The van der Waals surface area contributed by atoms with Gasteiger partial charge in [-0.15, -0.1) is 0 Å². The van der Waals surface area contributed by atoms with Crippen molar-refractivity contribution in [2.24, 2.45) is 0 Å². The maximum absolute atomic E-state index is 8.97. The van der Waals surface area contributed by atoms with Gasteiger partial charge in [0.25, 0.3) is 0 Å². The van der Waals surface area contributed by atoms with Gasteiger partial charge in [-0.05, 0) is 0 Å². The van der Waals surface area contributed by atoms with Crippen LogP contribution >= 0.6 is 9.53 Å². The average Bonchev–Trinajstić information content (AvgIpc) is 0.811. The van der Waals surface area contributed by atoms with Crippen molar-refractivity contribution in [3.8, 4) is 0 Å². The van der Waals surface area contributed by atoms with Gasteiger partial charge in [0.15, 0.2) is 0 Å². The van der Waals surface area contributed by atoms with Gasteiger partial charge in [0.05, 0.1) is 0 Å². The molecule has 4 heavy (non-hydrogen) atoms. The maximum atomic E-state index is 8.97. The molecule has 1 N–H and O–H groups in total. The van der Waals surface area contributed by atoms with Gasteiger partial charge in [-0.2, -0.15) is 0 Å². The Labute approximate surface area is 33.4 Å². The van der Waals surface area contributed by atoms with Crippen LogP contribution in [-0.2, 0) is 19.5 Å². The SMILES string of the molecule is [O]=[Pd]([OH])[Cl]. The van der Waals surface area contributed by atoms with Gasteiger partial charge in [0.1, 0.15) is 0 Å². The molecule has 0 aromatic carbocycles. The Morgan fingerprint density at radius 1 is 2.00 bits per heavy atom. The second-order valence-electron chi connectivity index (χ2n) is 0.160. The minimum absolute atomic E-state index is 2.76. The van der Waals surface area contributed by atoms with Crippen LogP contribution in [0.5, 0.6) is 0 Å². The molecule has 0 rings (SSSR count). The van der Waals surface area contributed by atoms with Crippen LogP contribution in [-0.4, -0.2) is 3.83 Å². The first-order valence-electron chi connectivity index (χ1n) is 0.390. The molecule has 0 unspecified atom stereocenters. The fourth-order valence-electron chi connectivity index (χ4n) is 0. The Balaban J connectivity index is 2.80. The van der Waals surface area contributed by atoms with Gasteiger partial charge in [0.2, 0.25) is 0 Å². The van der Waals surface area contributed by atoms with E-state index in [2.05, 4.69) is 9.53 Å². The van der Waals surface area contributed by atoms with Crippen molar-refractivity contribution in [1.82, 2.24) is 0 Å². The molecule has 0 aliphatic rings. The molecule has 0 aromatic rings. The molecule has 0 atom stereocenters. The summed E-state index contributed by atoms with van der Waals surface area (Å²) in [6.45, 7) is 0. The monoisotopic (exact) mass is 174 g/mol. The van der Waals surface area contributed by atoms with E-state index < -0.39 is 16.1 Å². The van der Waals surface area contributed by atoms with E-state index in [9.17, 15) is 0 Å². The van der Waals surface area contributed by atoms with Crippen LogP contribution in [0.15, 0.2) is 0 Å². The molecule has 0 amide bonds. The summed E-state index contributed by atoms with van der Waals surface area (Å²) in [6.07, 6.45) is 0. The van der Waals surface area contributed by atoms with E-state index in [0.717, 1.165) is 0 Å². The molecule has 0 radical (unpaired) electrons. The van der Waals surface area contributed by atoms with E-state index in [0.29, 0.717) is 0 Å². The second-order valence-corrected chi connectivity index (χ2v) is 2.16. The van der Waals surface area contributed by atoms with E-state index in [1.54, 1.807) is 0 Å². The molecule has 0 aromatic heterocycles. The van der Waals surface area contributed by atoms with Crippen LogP contribution in [0, 0.1) is 0 Å². The van der Waals surface area contributed by atoms with Gasteiger partial charge in [-0.1, -0.05) is 0 Å². The van der Waals surface area contributed by atoms with Crippen LogP contribution in [0.2, 0.25) is 0 Å². The molecule has 0 aliphatic heterocycles. The zero-order valence-corrected chi connectivity index (χ0v) is 3.86. The first-order chi connectivity index (χ1) is 1.73. The van der Waals surface area contributed by atoms with Crippen LogP contribution in [0.1, 0.15) is 0 Å². The van der Waals surface area contributed by atoms with Crippen LogP contribution < -0.4 is 0 Å². The van der Waals surface area contributed by atoms with E-state index in [1.807, 2.05) is 0 Å². The van der Waals surface area contributed by atoms with Gasteiger partial charge in [0, 0.05) is 0 Å². The third-order valence-corrected chi connectivity index (χ3v) is 0. The second kappa shape index (κ2) is 1.98. The van der Waals surface area contributed by atoms with Crippen molar-refractivity contribution >= 4 is 9.53 Å². The summed E-state index contributed by atoms with van der Waals surface area (Å²) in [5, 5.41) is 0. The van der Waals surface area contributed by atoms with Crippen LogP contribution in [0.3, 0.4) is 0 Å². The summed E-state index contributed by atoms with van der Waals surface area (Å²) in [5.74, 6) is 0. The van der Waals surface area contributed by atoms with E-state index in [-0.39, 0.29) is 0 Å². The van der Waals surface area contributed by atoms with Gasteiger partial charge in [-0.25, -0.2) is 0 Å². The number of hydrogen-bond donors (Lipinski definition) is 1. The Morgan fingerprint density at radius 2 is 2.00 bits per heavy atom. The minimum atomic E-state index is -2.76. The first kappa shape index (κ1) is 4.71. The van der Waals surface area contributed by atoms with Crippen LogP contribution in [0.4, 0.5) is 0 Å². The Bertz CT molecular complexity index is 29.0. The third kappa shape index (κ3) is 15.7. The number of rotatable bonds is 0. The van der Waals surface area contributed by atoms with Crippen molar-refractivity contribution in [2.45, 2.75) is 0 Å². The Morgan fingerprint density at radius 3 is 2.00 bits per heavy atom.